The van der Waals surface area contributed by atoms with E-state index in [4.69, 9.17) is 15.2 Å². The highest BCUT2D eigenvalue weighted by Crippen LogP contribution is 2.60. The van der Waals surface area contributed by atoms with Crippen molar-refractivity contribution in [2.24, 2.45) is 28.9 Å². The smallest absolute Gasteiger partial charge is 0.410 e. The molecule has 8 heteroatoms. The third-order valence-corrected chi connectivity index (χ3v) is 7.57. The Labute approximate surface area is 175 Å². The molecule has 1 aromatic heterocycles. The van der Waals surface area contributed by atoms with Crippen LogP contribution < -0.4 is 10.5 Å². The zero-order chi connectivity index (χ0) is 21.0. The van der Waals surface area contributed by atoms with Gasteiger partial charge in [0, 0.05) is 19.2 Å². The second kappa shape index (κ2) is 7.10. The van der Waals surface area contributed by atoms with Crippen molar-refractivity contribution in [2.75, 3.05) is 13.1 Å². The molecular formula is C22H28FN3O4. The van der Waals surface area contributed by atoms with Crippen molar-refractivity contribution in [1.29, 1.82) is 0 Å². The highest BCUT2D eigenvalue weighted by atomic mass is 19.1. The lowest BCUT2D eigenvalue weighted by Gasteiger charge is -2.58. The van der Waals surface area contributed by atoms with Crippen molar-refractivity contribution < 1.29 is 23.5 Å². The fraction of sp³-hybridized carbons (Fsp3) is 0.682. The Bertz CT molecular complexity index is 862. The summed E-state index contributed by atoms with van der Waals surface area (Å²) < 4.78 is 25.6. The number of aromatic nitrogens is 1. The van der Waals surface area contributed by atoms with E-state index in [1.165, 1.54) is 6.07 Å². The van der Waals surface area contributed by atoms with Gasteiger partial charge in [-0.05, 0) is 68.4 Å². The van der Waals surface area contributed by atoms with Gasteiger partial charge in [-0.2, -0.15) is 0 Å². The number of rotatable bonds is 4. The molecule has 2 amide bonds. The molecule has 2 heterocycles. The molecule has 162 valence electrons. The number of nitrogens with zero attached hydrogens (tertiary/aromatic N) is 2. The van der Waals surface area contributed by atoms with E-state index in [1.807, 2.05) is 0 Å². The highest BCUT2D eigenvalue weighted by Gasteiger charge is 2.59. The molecule has 2 N–H and O–H groups in total. The van der Waals surface area contributed by atoms with Gasteiger partial charge in [-0.1, -0.05) is 0 Å². The van der Waals surface area contributed by atoms with Crippen LogP contribution in [0.2, 0.25) is 0 Å². The highest BCUT2D eigenvalue weighted by molar-refractivity contribution is 5.81. The first-order valence-electron chi connectivity index (χ1n) is 10.9. The average molecular weight is 417 g/mol. The zero-order valence-corrected chi connectivity index (χ0v) is 17.2. The SMILES string of the molecule is Cc1cnc(O[C@H]2CCN(C(=O)O[C@H]3C4CC5CC3C[C@](C(N)=O)(C5)C4)C2)c(F)c1. The lowest BCUT2D eigenvalue weighted by Crippen LogP contribution is -2.59. The van der Waals surface area contributed by atoms with E-state index in [9.17, 15) is 14.0 Å². The largest absolute Gasteiger partial charge is 0.470 e. The van der Waals surface area contributed by atoms with Gasteiger partial charge in [0.15, 0.2) is 5.82 Å². The molecule has 1 aromatic rings. The van der Waals surface area contributed by atoms with Gasteiger partial charge in [0.05, 0.1) is 12.0 Å². The Morgan fingerprint density at radius 1 is 1.27 bits per heavy atom. The van der Waals surface area contributed by atoms with E-state index in [1.54, 1.807) is 18.0 Å². The number of primary amides is 1. The summed E-state index contributed by atoms with van der Waals surface area (Å²) in [6, 6.07) is 1.38. The summed E-state index contributed by atoms with van der Waals surface area (Å²) in [7, 11) is 0. The molecule has 1 saturated heterocycles. The van der Waals surface area contributed by atoms with Gasteiger partial charge in [0.1, 0.15) is 12.2 Å². The molecule has 7 nitrogen and oxygen atoms in total. The Balaban J connectivity index is 1.19. The molecule has 5 fully saturated rings. The maximum atomic E-state index is 14.0. The van der Waals surface area contributed by atoms with Gasteiger partial charge < -0.3 is 20.1 Å². The Kier molecular flexibility index (Phi) is 4.63. The van der Waals surface area contributed by atoms with Crippen molar-refractivity contribution >= 4 is 12.0 Å². The van der Waals surface area contributed by atoms with Crippen LogP contribution >= 0.6 is 0 Å². The van der Waals surface area contributed by atoms with Crippen LogP contribution in [0, 0.1) is 35.9 Å². The van der Waals surface area contributed by atoms with Gasteiger partial charge in [-0.15, -0.1) is 0 Å². The Morgan fingerprint density at radius 2 is 2.00 bits per heavy atom. The van der Waals surface area contributed by atoms with Crippen LogP contribution in [0.25, 0.3) is 0 Å². The number of carbonyl (C=O) groups is 2. The Morgan fingerprint density at radius 3 is 2.67 bits per heavy atom. The molecule has 6 rings (SSSR count). The predicted molar refractivity (Wildman–Crippen MR) is 105 cm³/mol. The van der Waals surface area contributed by atoms with Crippen molar-refractivity contribution in [3.8, 4) is 5.88 Å². The Hall–Kier alpha value is -2.38. The van der Waals surface area contributed by atoms with Crippen LogP contribution in [-0.2, 0) is 9.53 Å². The van der Waals surface area contributed by atoms with E-state index in [2.05, 4.69) is 4.98 Å². The maximum absolute atomic E-state index is 14.0. The van der Waals surface area contributed by atoms with E-state index in [0.717, 1.165) is 37.7 Å². The second-order valence-electron chi connectivity index (χ2n) is 9.74. The molecule has 4 bridgehead atoms. The topological polar surface area (TPSA) is 94.8 Å². The van der Waals surface area contributed by atoms with Crippen LogP contribution in [0.1, 0.15) is 44.1 Å². The van der Waals surface area contributed by atoms with Crippen molar-refractivity contribution in [2.45, 2.75) is 57.7 Å². The maximum Gasteiger partial charge on any atom is 0.410 e. The number of likely N-dealkylation sites (tertiary alicyclic amines) is 1. The first-order valence-corrected chi connectivity index (χ1v) is 10.9. The summed E-state index contributed by atoms with van der Waals surface area (Å²) in [4.78, 5) is 30.5. The quantitative estimate of drug-likeness (QED) is 0.813. The van der Waals surface area contributed by atoms with Gasteiger partial charge >= 0.3 is 6.09 Å². The molecule has 4 aliphatic carbocycles. The predicted octanol–water partition coefficient (Wildman–Crippen LogP) is 2.80. The number of pyridine rings is 1. The normalized spacial score (nSPS) is 36.7. The van der Waals surface area contributed by atoms with Gasteiger partial charge in [-0.3, -0.25) is 4.79 Å². The molecule has 5 aliphatic rings. The number of amides is 2. The first-order chi connectivity index (χ1) is 14.3. The second-order valence-corrected chi connectivity index (χ2v) is 9.74. The average Bonchev–Trinajstić information content (AvgIpc) is 3.15. The fourth-order valence-electron chi connectivity index (χ4n) is 6.42. The molecule has 0 aromatic carbocycles. The summed E-state index contributed by atoms with van der Waals surface area (Å²) >= 11 is 0. The number of halogens is 1. The minimum Gasteiger partial charge on any atom is -0.470 e. The molecule has 0 radical (unpaired) electrons. The number of nitrogens with two attached hydrogens (primary N) is 1. The summed E-state index contributed by atoms with van der Waals surface area (Å²) in [6.45, 7) is 2.62. The van der Waals surface area contributed by atoms with Crippen LogP contribution in [-0.4, -0.2) is 47.2 Å². The third-order valence-electron chi connectivity index (χ3n) is 7.57. The summed E-state index contributed by atoms with van der Waals surface area (Å²) in [5, 5.41) is 0. The van der Waals surface area contributed by atoms with Crippen molar-refractivity contribution in [1.82, 2.24) is 9.88 Å². The number of ether oxygens (including phenoxy) is 2. The lowest BCUT2D eigenvalue weighted by molar-refractivity contribution is -0.161. The molecule has 1 aliphatic heterocycles. The van der Waals surface area contributed by atoms with Gasteiger partial charge in [-0.25, -0.2) is 14.2 Å². The summed E-state index contributed by atoms with van der Waals surface area (Å²) in [5.41, 5.74) is 6.07. The van der Waals surface area contributed by atoms with Gasteiger partial charge in [0.2, 0.25) is 5.91 Å². The molecular weight excluding hydrogens is 389 g/mol. The number of aryl methyl sites for hydroxylation is 1. The lowest BCUT2D eigenvalue weighted by atomic mass is 9.48. The summed E-state index contributed by atoms with van der Waals surface area (Å²) in [5.74, 6) is 0.239. The van der Waals surface area contributed by atoms with Crippen LogP contribution in [0.3, 0.4) is 0 Å². The standard InChI is InChI=1S/C22H28FN3O4/c1-12-4-17(23)19(25-10-12)29-16-2-3-26(11-16)21(28)30-18-14-5-13-6-15(18)9-22(7-13,8-14)20(24)27/h4,10,13-16,18H,2-3,5-9,11H2,1H3,(H2,24,27)/t13?,14?,15?,16-,18-,22-/m0/s1. The van der Waals surface area contributed by atoms with Crippen LogP contribution in [0.4, 0.5) is 9.18 Å². The summed E-state index contributed by atoms with van der Waals surface area (Å²) in [6.07, 6.45) is 5.75. The van der Waals surface area contributed by atoms with E-state index >= 15 is 0 Å². The number of hydrogen-bond donors (Lipinski definition) is 1. The minimum absolute atomic E-state index is 0.0291. The molecule has 2 unspecified atom stereocenters. The molecule has 0 spiro atoms. The number of hydrogen-bond acceptors (Lipinski definition) is 5. The number of carbonyl (C=O) groups excluding carboxylic acids is 2. The monoisotopic (exact) mass is 417 g/mol. The van der Waals surface area contributed by atoms with Gasteiger partial charge in [0.25, 0.3) is 5.88 Å². The molecule has 4 saturated carbocycles. The van der Waals surface area contributed by atoms with Crippen molar-refractivity contribution in [3.63, 3.8) is 0 Å². The first kappa shape index (κ1) is 19.6. The zero-order valence-electron chi connectivity index (χ0n) is 17.2. The van der Waals surface area contributed by atoms with E-state index in [-0.39, 0.29) is 41.9 Å². The fourth-order valence-corrected chi connectivity index (χ4v) is 6.42. The third kappa shape index (κ3) is 3.30. The molecule has 30 heavy (non-hydrogen) atoms. The van der Waals surface area contributed by atoms with Crippen LogP contribution in [0.15, 0.2) is 12.3 Å². The van der Waals surface area contributed by atoms with E-state index < -0.39 is 11.2 Å². The van der Waals surface area contributed by atoms with Crippen molar-refractivity contribution in [3.05, 3.63) is 23.6 Å². The minimum atomic E-state index is -0.493. The van der Waals surface area contributed by atoms with Crippen LogP contribution in [0.5, 0.6) is 5.88 Å². The molecule has 3 atom stereocenters. The van der Waals surface area contributed by atoms with E-state index in [0.29, 0.717) is 25.4 Å².